The molecule has 0 fully saturated rings. The molecule has 0 spiro atoms. The number of thioether (sulfide) groups is 1. The van der Waals surface area contributed by atoms with E-state index in [-0.39, 0.29) is 6.10 Å². The molecular weight excluding hydrogens is 388 g/mol. The molecule has 1 atom stereocenters. The molecule has 0 saturated carbocycles. The first-order valence-electron chi connectivity index (χ1n) is 5.95. The van der Waals surface area contributed by atoms with E-state index < -0.39 is 0 Å². The predicted octanol–water partition coefficient (Wildman–Crippen LogP) is 4.91. The molecule has 0 heterocycles. The molecule has 1 N–H and O–H groups in total. The summed E-state index contributed by atoms with van der Waals surface area (Å²) in [7, 11) is 0. The van der Waals surface area contributed by atoms with Crippen molar-refractivity contribution in [2.45, 2.75) is 17.4 Å². The maximum absolute atomic E-state index is 10.1. The van der Waals surface area contributed by atoms with Crippen LogP contribution in [0.1, 0.15) is 5.56 Å². The topological polar surface area (TPSA) is 20.2 Å². The molecule has 0 aliphatic heterocycles. The minimum atomic E-state index is -0.351. The second-order valence-electron chi connectivity index (χ2n) is 4.19. The molecule has 0 radical (unpaired) electrons. The van der Waals surface area contributed by atoms with Crippen LogP contribution in [0, 0.1) is 0 Å². The molecule has 100 valence electrons. The normalized spacial score (nSPS) is 12.4. The van der Waals surface area contributed by atoms with Gasteiger partial charge in [-0.1, -0.05) is 46.3 Å². The van der Waals surface area contributed by atoms with Crippen molar-refractivity contribution in [2.24, 2.45) is 0 Å². The van der Waals surface area contributed by atoms with Gasteiger partial charge in [0.1, 0.15) is 0 Å². The van der Waals surface area contributed by atoms with E-state index >= 15 is 0 Å². The number of benzene rings is 2. The van der Waals surface area contributed by atoms with Gasteiger partial charge in [0, 0.05) is 26.0 Å². The first-order chi connectivity index (χ1) is 9.16. The standard InChI is InChI=1S/C15H14Br2OS/c16-13-6-2-1-5-11(13)9-12(18)10-19-15-8-4-3-7-14(15)17/h1-8,12,18H,9-10H2. The summed E-state index contributed by atoms with van der Waals surface area (Å²) >= 11 is 8.69. The number of hydrogen-bond acceptors (Lipinski definition) is 2. The summed E-state index contributed by atoms with van der Waals surface area (Å²) in [6.45, 7) is 0. The van der Waals surface area contributed by atoms with E-state index in [4.69, 9.17) is 0 Å². The van der Waals surface area contributed by atoms with Crippen LogP contribution in [0.5, 0.6) is 0 Å². The van der Waals surface area contributed by atoms with Gasteiger partial charge in [-0.15, -0.1) is 11.8 Å². The summed E-state index contributed by atoms with van der Waals surface area (Å²) in [6, 6.07) is 16.1. The summed E-state index contributed by atoms with van der Waals surface area (Å²) in [5, 5.41) is 10.1. The van der Waals surface area contributed by atoms with E-state index in [0.717, 1.165) is 19.4 Å². The fourth-order valence-electron chi connectivity index (χ4n) is 1.72. The van der Waals surface area contributed by atoms with Crippen molar-refractivity contribution in [2.75, 3.05) is 5.75 Å². The van der Waals surface area contributed by atoms with Crippen molar-refractivity contribution in [3.8, 4) is 0 Å². The number of rotatable bonds is 5. The molecule has 2 aromatic rings. The van der Waals surface area contributed by atoms with Gasteiger partial charge in [0.2, 0.25) is 0 Å². The third-order valence-electron chi connectivity index (χ3n) is 2.68. The lowest BCUT2D eigenvalue weighted by Crippen LogP contribution is -2.13. The Balaban J connectivity index is 1.90. The fourth-order valence-corrected chi connectivity index (χ4v) is 3.67. The zero-order valence-corrected chi connectivity index (χ0v) is 14.2. The lowest BCUT2D eigenvalue weighted by atomic mass is 10.1. The Bertz CT molecular complexity index is 545. The molecule has 2 aromatic carbocycles. The first kappa shape index (κ1) is 15.1. The van der Waals surface area contributed by atoms with Gasteiger partial charge in [0.15, 0.2) is 0 Å². The third kappa shape index (κ3) is 4.63. The Hall–Kier alpha value is -0.290. The molecule has 4 heteroatoms. The average molecular weight is 402 g/mol. The van der Waals surface area contributed by atoms with Crippen molar-refractivity contribution >= 4 is 43.6 Å². The van der Waals surface area contributed by atoms with Crippen LogP contribution in [0.15, 0.2) is 62.4 Å². The Kier molecular flexibility index (Phi) is 5.95. The van der Waals surface area contributed by atoms with Crippen molar-refractivity contribution in [1.82, 2.24) is 0 Å². The molecular formula is C15H14Br2OS. The SMILES string of the molecule is OC(CSc1ccccc1Br)Cc1ccccc1Br. The van der Waals surface area contributed by atoms with E-state index in [9.17, 15) is 5.11 Å². The van der Waals surface area contributed by atoms with Gasteiger partial charge in [-0.3, -0.25) is 0 Å². The van der Waals surface area contributed by atoms with E-state index in [2.05, 4.69) is 37.9 Å². The minimum Gasteiger partial charge on any atom is -0.392 e. The maximum atomic E-state index is 10.1. The highest BCUT2D eigenvalue weighted by Crippen LogP contribution is 2.28. The summed E-state index contributed by atoms with van der Waals surface area (Å²) in [5.41, 5.74) is 1.14. The van der Waals surface area contributed by atoms with Crippen LogP contribution < -0.4 is 0 Å². The zero-order chi connectivity index (χ0) is 13.7. The van der Waals surface area contributed by atoms with Gasteiger partial charge in [0.05, 0.1) is 6.10 Å². The van der Waals surface area contributed by atoms with Crippen molar-refractivity contribution in [1.29, 1.82) is 0 Å². The highest BCUT2D eigenvalue weighted by molar-refractivity contribution is 9.10. The van der Waals surface area contributed by atoms with Gasteiger partial charge in [-0.25, -0.2) is 0 Å². The lowest BCUT2D eigenvalue weighted by molar-refractivity contribution is 0.200. The van der Waals surface area contributed by atoms with Gasteiger partial charge in [-0.05, 0) is 39.7 Å². The van der Waals surface area contributed by atoms with Crippen LogP contribution in [0.25, 0.3) is 0 Å². The van der Waals surface area contributed by atoms with E-state index in [0.29, 0.717) is 12.2 Å². The smallest absolute Gasteiger partial charge is 0.0674 e. The molecule has 1 unspecified atom stereocenters. The highest BCUT2D eigenvalue weighted by Gasteiger charge is 2.09. The van der Waals surface area contributed by atoms with Crippen molar-refractivity contribution < 1.29 is 5.11 Å². The highest BCUT2D eigenvalue weighted by atomic mass is 79.9. The summed E-state index contributed by atoms with van der Waals surface area (Å²) in [6.07, 6.45) is 0.314. The monoisotopic (exact) mass is 400 g/mol. The van der Waals surface area contributed by atoms with Crippen LogP contribution in [-0.2, 0) is 6.42 Å². The Labute approximate surface area is 134 Å². The minimum absolute atomic E-state index is 0.351. The van der Waals surface area contributed by atoms with Crippen LogP contribution >= 0.6 is 43.6 Å². The average Bonchev–Trinajstić information content (AvgIpc) is 2.40. The molecule has 0 aromatic heterocycles. The van der Waals surface area contributed by atoms with E-state index in [1.807, 2.05) is 42.5 Å². The fraction of sp³-hybridized carbons (Fsp3) is 0.200. The number of hydrogen-bond donors (Lipinski definition) is 1. The number of aliphatic hydroxyl groups excluding tert-OH is 1. The van der Waals surface area contributed by atoms with Gasteiger partial charge < -0.3 is 5.11 Å². The van der Waals surface area contributed by atoms with Gasteiger partial charge in [0.25, 0.3) is 0 Å². The molecule has 0 amide bonds. The molecule has 2 rings (SSSR count). The second-order valence-corrected chi connectivity index (χ2v) is 6.96. The van der Waals surface area contributed by atoms with Crippen molar-refractivity contribution in [3.63, 3.8) is 0 Å². The summed E-state index contributed by atoms with van der Waals surface area (Å²) < 4.78 is 2.13. The van der Waals surface area contributed by atoms with Crippen LogP contribution in [-0.4, -0.2) is 17.0 Å². The maximum Gasteiger partial charge on any atom is 0.0674 e. The third-order valence-corrected chi connectivity index (χ3v) is 5.63. The Morgan fingerprint density at radius 2 is 1.58 bits per heavy atom. The first-order valence-corrected chi connectivity index (χ1v) is 8.53. The van der Waals surface area contributed by atoms with Gasteiger partial charge >= 0.3 is 0 Å². The molecule has 0 aliphatic carbocycles. The van der Waals surface area contributed by atoms with Crippen molar-refractivity contribution in [3.05, 3.63) is 63.0 Å². The molecule has 19 heavy (non-hydrogen) atoms. The predicted molar refractivity (Wildman–Crippen MR) is 88.7 cm³/mol. The lowest BCUT2D eigenvalue weighted by Gasteiger charge is -2.12. The Morgan fingerprint density at radius 1 is 0.947 bits per heavy atom. The zero-order valence-electron chi connectivity index (χ0n) is 10.2. The summed E-state index contributed by atoms with van der Waals surface area (Å²) in [4.78, 5) is 1.16. The quantitative estimate of drug-likeness (QED) is 0.718. The summed E-state index contributed by atoms with van der Waals surface area (Å²) in [5.74, 6) is 0.684. The Morgan fingerprint density at radius 3 is 2.26 bits per heavy atom. The van der Waals surface area contributed by atoms with Gasteiger partial charge in [-0.2, -0.15) is 0 Å². The van der Waals surface area contributed by atoms with Crippen LogP contribution in [0.3, 0.4) is 0 Å². The second kappa shape index (κ2) is 7.48. The molecule has 0 aliphatic rings. The van der Waals surface area contributed by atoms with E-state index in [1.165, 1.54) is 0 Å². The number of aliphatic hydroxyl groups is 1. The molecule has 1 nitrogen and oxygen atoms in total. The van der Waals surface area contributed by atoms with Crippen LogP contribution in [0.2, 0.25) is 0 Å². The number of halogens is 2. The molecule has 0 bridgehead atoms. The molecule has 0 saturated heterocycles. The largest absolute Gasteiger partial charge is 0.392 e. The van der Waals surface area contributed by atoms with Crippen LogP contribution in [0.4, 0.5) is 0 Å². The van der Waals surface area contributed by atoms with E-state index in [1.54, 1.807) is 11.8 Å².